The fourth-order valence-electron chi connectivity index (χ4n) is 3.01. The third-order valence-electron chi connectivity index (χ3n) is 4.04. The first kappa shape index (κ1) is 12.5. The lowest BCUT2D eigenvalue weighted by Crippen LogP contribution is -2.17. The van der Waals surface area contributed by atoms with Crippen molar-refractivity contribution in [3.8, 4) is 0 Å². The van der Waals surface area contributed by atoms with Gasteiger partial charge in [0.15, 0.2) is 0 Å². The van der Waals surface area contributed by atoms with E-state index in [1.807, 2.05) is 20.0 Å². The smallest absolute Gasteiger partial charge is 0.125 e. The first-order valence-electron chi connectivity index (χ1n) is 7.13. The number of benzene rings is 1. The summed E-state index contributed by atoms with van der Waals surface area (Å²) in [5.41, 5.74) is 4.35. The van der Waals surface area contributed by atoms with E-state index in [0.29, 0.717) is 0 Å². The largest absolute Gasteiger partial charge is 0.464 e. The highest BCUT2D eigenvalue weighted by Gasteiger charge is 2.18. The first-order valence-corrected chi connectivity index (χ1v) is 7.13. The van der Waals surface area contributed by atoms with E-state index < -0.39 is 0 Å². The van der Waals surface area contributed by atoms with Crippen molar-refractivity contribution in [3.63, 3.8) is 0 Å². The van der Waals surface area contributed by atoms with Gasteiger partial charge < -0.3 is 9.73 Å². The number of hydrogen-bond acceptors (Lipinski definition) is 2. The second-order valence-electron chi connectivity index (χ2n) is 5.41. The predicted octanol–water partition coefficient (Wildman–Crippen LogP) is 3.78. The number of hydrogen-bond donors (Lipinski definition) is 1. The van der Waals surface area contributed by atoms with Gasteiger partial charge in [-0.2, -0.15) is 0 Å². The number of nitrogens with one attached hydrogen (secondary N) is 1. The summed E-state index contributed by atoms with van der Waals surface area (Å²) >= 11 is 0. The van der Waals surface area contributed by atoms with Crippen LogP contribution in [0.25, 0.3) is 0 Å². The predicted molar refractivity (Wildman–Crippen MR) is 77.4 cm³/mol. The molecule has 1 aliphatic carbocycles. The number of furan rings is 1. The van der Waals surface area contributed by atoms with Crippen molar-refractivity contribution < 1.29 is 4.42 Å². The molecule has 0 spiro atoms. The molecule has 2 heteroatoms. The van der Waals surface area contributed by atoms with Crippen LogP contribution >= 0.6 is 0 Å². The SMILES string of the molecule is CNC(c1ccc2c(c1)CCCC2)c1ccc(C)o1. The maximum absolute atomic E-state index is 5.77. The summed E-state index contributed by atoms with van der Waals surface area (Å²) in [5.74, 6) is 1.96. The highest BCUT2D eigenvalue weighted by Crippen LogP contribution is 2.28. The lowest BCUT2D eigenvalue weighted by Gasteiger charge is -2.20. The van der Waals surface area contributed by atoms with Gasteiger partial charge in [-0.3, -0.25) is 0 Å². The fraction of sp³-hybridized carbons (Fsp3) is 0.412. The van der Waals surface area contributed by atoms with Crippen LogP contribution in [0.4, 0.5) is 0 Å². The zero-order valence-corrected chi connectivity index (χ0v) is 11.7. The van der Waals surface area contributed by atoms with Crippen LogP contribution in [0.5, 0.6) is 0 Å². The van der Waals surface area contributed by atoms with Crippen molar-refractivity contribution in [1.29, 1.82) is 0 Å². The molecule has 0 fully saturated rings. The Kier molecular flexibility index (Phi) is 3.43. The maximum Gasteiger partial charge on any atom is 0.125 e. The Morgan fingerprint density at radius 1 is 1.05 bits per heavy atom. The molecule has 2 nitrogen and oxygen atoms in total. The Morgan fingerprint density at radius 3 is 2.53 bits per heavy atom. The average molecular weight is 255 g/mol. The normalized spacial score (nSPS) is 16.1. The minimum Gasteiger partial charge on any atom is -0.464 e. The molecule has 0 aliphatic heterocycles. The van der Waals surface area contributed by atoms with Gasteiger partial charge >= 0.3 is 0 Å². The molecule has 0 bridgehead atoms. The molecule has 19 heavy (non-hydrogen) atoms. The summed E-state index contributed by atoms with van der Waals surface area (Å²) in [7, 11) is 1.99. The third-order valence-corrected chi connectivity index (χ3v) is 4.04. The van der Waals surface area contributed by atoms with Gasteiger partial charge in [0.1, 0.15) is 11.5 Å². The summed E-state index contributed by atoms with van der Waals surface area (Å²) in [5, 5.41) is 3.36. The van der Waals surface area contributed by atoms with E-state index in [1.165, 1.54) is 42.4 Å². The summed E-state index contributed by atoms with van der Waals surface area (Å²) in [6.07, 6.45) is 5.11. The van der Waals surface area contributed by atoms with Crippen LogP contribution in [0.15, 0.2) is 34.7 Å². The van der Waals surface area contributed by atoms with Crippen molar-refractivity contribution >= 4 is 0 Å². The van der Waals surface area contributed by atoms with Crippen LogP contribution in [-0.2, 0) is 12.8 Å². The van der Waals surface area contributed by atoms with Crippen LogP contribution < -0.4 is 5.32 Å². The molecule has 2 aromatic rings. The topological polar surface area (TPSA) is 25.2 Å². The minimum absolute atomic E-state index is 0.154. The molecular weight excluding hydrogens is 234 g/mol. The van der Waals surface area contributed by atoms with Crippen molar-refractivity contribution in [2.45, 2.75) is 38.6 Å². The van der Waals surface area contributed by atoms with Gasteiger partial charge in [-0.05, 0) is 68.5 Å². The van der Waals surface area contributed by atoms with E-state index in [2.05, 4.69) is 29.6 Å². The zero-order chi connectivity index (χ0) is 13.2. The molecule has 3 rings (SSSR count). The summed E-state index contributed by atoms with van der Waals surface area (Å²) in [6.45, 7) is 1.99. The Bertz CT molecular complexity index is 570. The molecule has 1 aromatic heterocycles. The molecule has 0 radical (unpaired) electrons. The minimum atomic E-state index is 0.154. The van der Waals surface area contributed by atoms with Gasteiger partial charge in [-0.15, -0.1) is 0 Å². The zero-order valence-electron chi connectivity index (χ0n) is 11.7. The maximum atomic E-state index is 5.77. The highest BCUT2D eigenvalue weighted by molar-refractivity contribution is 5.37. The highest BCUT2D eigenvalue weighted by atomic mass is 16.3. The van der Waals surface area contributed by atoms with Crippen LogP contribution in [0.2, 0.25) is 0 Å². The van der Waals surface area contributed by atoms with E-state index in [1.54, 1.807) is 0 Å². The Balaban J connectivity index is 1.95. The van der Waals surface area contributed by atoms with Gasteiger partial charge in [0, 0.05) is 0 Å². The molecule has 0 amide bonds. The summed E-state index contributed by atoms with van der Waals surface area (Å²) in [4.78, 5) is 0. The molecule has 1 unspecified atom stereocenters. The van der Waals surface area contributed by atoms with Gasteiger partial charge in [-0.1, -0.05) is 18.2 Å². The van der Waals surface area contributed by atoms with E-state index in [0.717, 1.165) is 11.5 Å². The second-order valence-corrected chi connectivity index (χ2v) is 5.41. The summed E-state index contributed by atoms with van der Waals surface area (Å²) < 4.78 is 5.77. The number of aryl methyl sites for hydroxylation is 3. The molecule has 0 saturated heterocycles. The number of fused-ring (bicyclic) bond motifs is 1. The second kappa shape index (κ2) is 5.22. The quantitative estimate of drug-likeness (QED) is 0.903. The Labute approximate surface area is 114 Å². The van der Waals surface area contributed by atoms with Gasteiger partial charge in [0.05, 0.1) is 6.04 Å². The van der Waals surface area contributed by atoms with Crippen LogP contribution in [0.3, 0.4) is 0 Å². The van der Waals surface area contributed by atoms with Crippen molar-refractivity contribution in [1.82, 2.24) is 5.32 Å². The Morgan fingerprint density at radius 2 is 1.84 bits per heavy atom. The van der Waals surface area contributed by atoms with Crippen LogP contribution in [0.1, 0.15) is 47.1 Å². The van der Waals surface area contributed by atoms with Crippen molar-refractivity contribution in [2.24, 2.45) is 0 Å². The number of rotatable bonds is 3. The standard InChI is InChI=1S/C17H21NO/c1-12-7-10-16(19-12)17(18-2)15-9-8-13-5-3-4-6-14(13)11-15/h7-11,17-18H,3-6H2,1-2H3. The monoisotopic (exact) mass is 255 g/mol. The third kappa shape index (κ3) is 2.45. The molecule has 1 heterocycles. The van der Waals surface area contributed by atoms with Crippen LogP contribution in [-0.4, -0.2) is 7.05 Å². The first-order chi connectivity index (χ1) is 9.28. The molecule has 0 saturated carbocycles. The molecule has 1 N–H and O–H groups in total. The van der Waals surface area contributed by atoms with Gasteiger partial charge in [0.25, 0.3) is 0 Å². The van der Waals surface area contributed by atoms with Crippen molar-refractivity contribution in [2.75, 3.05) is 7.05 Å². The lowest BCUT2D eigenvalue weighted by atomic mass is 9.89. The Hall–Kier alpha value is -1.54. The molecule has 1 atom stereocenters. The van der Waals surface area contributed by atoms with E-state index >= 15 is 0 Å². The summed E-state index contributed by atoms with van der Waals surface area (Å²) in [6, 6.07) is 11.1. The van der Waals surface area contributed by atoms with Crippen molar-refractivity contribution in [3.05, 3.63) is 58.5 Å². The average Bonchev–Trinajstić information content (AvgIpc) is 2.86. The van der Waals surface area contributed by atoms with Gasteiger partial charge in [-0.25, -0.2) is 0 Å². The molecule has 1 aromatic carbocycles. The fourth-order valence-corrected chi connectivity index (χ4v) is 3.01. The van der Waals surface area contributed by atoms with E-state index in [9.17, 15) is 0 Å². The van der Waals surface area contributed by atoms with E-state index in [-0.39, 0.29) is 6.04 Å². The molecular formula is C17H21NO. The van der Waals surface area contributed by atoms with Gasteiger partial charge in [0.2, 0.25) is 0 Å². The van der Waals surface area contributed by atoms with E-state index in [4.69, 9.17) is 4.42 Å². The van der Waals surface area contributed by atoms with Crippen LogP contribution in [0, 0.1) is 6.92 Å². The molecule has 100 valence electrons. The lowest BCUT2D eigenvalue weighted by molar-refractivity contribution is 0.444. The molecule has 1 aliphatic rings.